The van der Waals surface area contributed by atoms with E-state index in [1.54, 1.807) is 11.3 Å². The molecular formula is C13H14N4O3S. The molecule has 2 aromatic heterocycles. The molecule has 3 N–H and O–H groups in total. The lowest BCUT2D eigenvalue weighted by Gasteiger charge is -2.05. The first-order chi connectivity index (χ1) is 9.88. The van der Waals surface area contributed by atoms with Gasteiger partial charge in [0.25, 0.3) is 11.6 Å². The number of amides is 1. The van der Waals surface area contributed by atoms with Crippen molar-refractivity contribution in [2.24, 2.45) is 0 Å². The quantitative estimate of drug-likeness (QED) is 0.664. The molecule has 0 radical (unpaired) electrons. The maximum absolute atomic E-state index is 12.1. The zero-order valence-corrected chi connectivity index (χ0v) is 12.4. The van der Waals surface area contributed by atoms with Gasteiger partial charge in [0.05, 0.1) is 17.0 Å². The number of nitrogens with two attached hydrogens (primary N) is 1. The first-order valence-electron chi connectivity index (χ1n) is 6.12. The lowest BCUT2D eigenvalue weighted by atomic mass is 10.2. The third kappa shape index (κ3) is 3.34. The highest BCUT2D eigenvalue weighted by Crippen LogP contribution is 2.21. The average Bonchev–Trinajstić information content (AvgIpc) is 2.75. The summed E-state index contributed by atoms with van der Waals surface area (Å²) in [5.74, 6) is -0.510. The summed E-state index contributed by atoms with van der Waals surface area (Å²) in [6.07, 6.45) is 1.03. The predicted octanol–water partition coefficient (Wildman–Crippen LogP) is 2.18. The van der Waals surface area contributed by atoms with Gasteiger partial charge in [-0.25, -0.2) is 4.98 Å². The molecule has 0 fully saturated rings. The van der Waals surface area contributed by atoms with Crippen molar-refractivity contribution < 1.29 is 9.72 Å². The van der Waals surface area contributed by atoms with Gasteiger partial charge in [-0.2, -0.15) is 0 Å². The van der Waals surface area contributed by atoms with Crippen molar-refractivity contribution in [1.82, 2.24) is 10.3 Å². The summed E-state index contributed by atoms with van der Waals surface area (Å²) in [6.45, 7) is 4.35. The monoisotopic (exact) mass is 306 g/mol. The number of carbonyl (C=O) groups is 1. The molecule has 0 atom stereocenters. The molecule has 0 aliphatic carbocycles. The highest BCUT2D eigenvalue weighted by Gasteiger charge is 2.16. The Bertz CT molecular complexity index is 692. The minimum Gasteiger partial charge on any atom is -0.383 e. The molecule has 0 saturated heterocycles. The predicted molar refractivity (Wildman–Crippen MR) is 80.3 cm³/mol. The van der Waals surface area contributed by atoms with Gasteiger partial charge in [0.2, 0.25) is 0 Å². The Balaban J connectivity index is 2.13. The second-order valence-electron chi connectivity index (χ2n) is 4.52. The van der Waals surface area contributed by atoms with Crippen LogP contribution in [0.1, 0.15) is 25.7 Å². The molecule has 110 valence electrons. The smallest absolute Gasteiger partial charge is 0.288 e. The molecule has 0 unspecified atom stereocenters. The summed E-state index contributed by atoms with van der Waals surface area (Å²) in [6, 6.07) is 3.12. The molecule has 0 aliphatic rings. The Labute approximate surface area is 125 Å². The fourth-order valence-corrected chi connectivity index (χ4v) is 2.74. The summed E-state index contributed by atoms with van der Waals surface area (Å²) < 4.78 is 0. The molecule has 0 aromatic carbocycles. The molecule has 1 amide bonds. The third-order valence-corrected chi connectivity index (χ3v) is 4.15. The fraction of sp³-hybridized carbons (Fsp3) is 0.231. The van der Waals surface area contributed by atoms with Crippen LogP contribution in [0.25, 0.3) is 0 Å². The zero-order chi connectivity index (χ0) is 15.6. The Morgan fingerprint density at radius 2 is 2.19 bits per heavy atom. The van der Waals surface area contributed by atoms with E-state index in [4.69, 9.17) is 5.73 Å². The Hall–Kier alpha value is -2.48. The van der Waals surface area contributed by atoms with Gasteiger partial charge >= 0.3 is 0 Å². The second kappa shape index (κ2) is 5.88. The molecule has 8 heteroatoms. The van der Waals surface area contributed by atoms with Gasteiger partial charge < -0.3 is 11.1 Å². The number of pyridine rings is 1. The van der Waals surface area contributed by atoms with Crippen LogP contribution in [0.2, 0.25) is 0 Å². The van der Waals surface area contributed by atoms with E-state index < -0.39 is 10.8 Å². The maximum atomic E-state index is 12.1. The highest BCUT2D eigenvalue weighted by molar-refractivity contribution is 7.12. The normalized spacial score (nSPS) is 10.4. The van der Waals surface area contributed by atoms with Crippen molar-refractivity contribution in [3.63, 3.8) is 0 Å². The largest absolute Gasteiger partial charge is 0.383 e. The van der Waals surface area contributed by atoms with Gasteiger partial charge in [0.15, 0.2) is 0 Å². The van der Waals surface area contributed by atoms with E-state index in [0.717, 1.165) is 17.1 Å². The lowest BCUT2D eigenvalue weighted by Crippen LogP contribution is -2.23. The molecule has 0 bridgehead atoms. The number of anilines is 1. The number of thiophene rings is 1. The summed E-state index contributed by atoms with van der Waals surface area (Å²) in [7, 11) is 0. The molecule has 0 saturated carbocycles. The average molecular weight is 306 g/mol. The number of aryl methyl sites for hydroxylation is 2. The van der Waals surface area contributed by atoms with E-state index in [-0.39, 0.29) is 17.1 Å². The molecule has 2 aromatic rings. The lowest BCUT2D eigenvalue weighted by molar-refractivity contribution is -0.385. The van der Waals surface area contributed by atoms with E-state index in [1.165, 1.54) is 10.4 Å². The third-order valence-electron chi connectivity index (χ3n) is 3.00. The number of aromatic nitrogens is 1. The summed E-state index contributed by atoms with van der Waals surface area (Å²) >= 11 is 1.59. The Kier molecular flexibility index (Phi) is 4.18. The van der Waals surface area contributed by atoms with Crippen LogP contribution in [0.4, 0.5) is 11.5 Å². The number of rotatable bonds is 4. The van der Waals surface area contributed by atoms with Gasteiger partial charge in [-0.1, -0.05) is 0 Å². The molecule has 7 nitrogen and oxygen atoms in total. The number of nitrogens with one attached hydrogen (secondary N) is 1. The van der Waals surface area contributed by atoms with Crippen molar-refractivity contribution in [3.05, 3.63) is 49.3 Å². The van der Waals surface area contributed by atoms with Crippen LogP contribution in [0.15, 0.2) is 18.3 Å². The van der Waals surface area contributed by atoms with E-state index in [9.17, 15) is 14.9 Å². The van der Waals surface area contributed by atoms with E-state index in [0.29, 0.717) is 6.54 Å². The number of hydrogen-bond donors (Lipinski definition) is 2. The summed E-state index contributed by atoms with van der Waals surface area (Å²) in [4.78, 5) is 28.0. The molecule has 2 rings (SSSR count). The van der Waals surface area contributed by atoms with Crippen LogP contribution in [0.3, 0.4) is 0 Å². The highest BCUT2D eigenvalue weighted by atomic mass is 32.1. The van der Waals surface area contributed by atoms with Crippen LogP contribution >= 0.6 is 11.3 Å². The van der Waals surface area contributed by atoms with Crippen LogP contribution < -0.4 is 11.1 Å². The van der Waals surface area contributed by atoms with Crippen LogP contribution in [-0.2, 0) is 6.54 Å². The number of nitrogens with zero attached hydrogens (tertiary/aromatic N) is 2. The van der Waals surface area contributed by atoms with Gasteiger partial charge in [-0.15, -0.1) is 11.3 Å². The number of carbonyl (C=O) groups excluding carboxylic acids is 1. The zero-order valence-electron chi connectivity index (χ0n) is 11.5. The fourth-order valence-electron chi connectivity index (χ4n) is 1.75. The number of hydrogen-bond acceptors (Lipinski definition) is 6. The van der Waals surface area contributed by atoms with Gasteiger partial charge in [-0.3, -0.25) is 14.9 Å². The van der Waals surface area contributed by atoms with Gasteiger partial charge in [0, 0.05) is 15.8 Å². The standard InChI is InChI=1S/C13H14N4O3S/c1-7-3-10(21-8(7)2)6-16-13(18)11-4-9(17(19)20)5-15-12(11)14/h3-5H,6H2,1-2H3,(H2,14,15)(H,16,18). The minimum atomic E-state index is -0.616. The molecule has 0 spiro atoms. The van der Waals surface area contributed by atoms with Crippen molar-refractivity contribution >= 4 is 28.7 Å². The van der Waals surface area contributed by atoms with Crippen LogP contribution in [0, 0.1) is 24.0 Å². The molecule has 2 heterocycles. The minimum absolute atomic E-state index is 0.00852. The first kappa shape index (κ1) is 14.9. The first-order valence-corrected chi connectivity index (χ1v) is 6.94. The van der Waals surface area contributed by atoms with E-state index in [1.807, 2.05) is 19.9 Å². The van der Waals surface area contributed by atoms with Crippen molar-refractivity contribution in [3.8, 4) is 0 Å². The molecule has 21 heavy (non-hydrogen) atoms. The van der Waals surface area contributed by atoms with Gasteiger partial charge in [0.1, 0.15) is 12.0 Å². The van der Waals surface area contributed by atoms with E-state index in [2.05, 4.69) is 10.3 Å². The summed E-state index contributed by atoms with van der Waals surface area (Å²) in [5, 5.41) is 13.4. The molecule has 0 aliphatic heterocycles. The number of nitrogen functional groups attached to an aromatic ring is 1. The Morgan fingerprint density at radius 3 is 2.76 bits per heavy atom. The van der Waals surface area contributed by atoms with Crippen molar-refractivity contribution in [2.45, 2.75) is 20.4 Å². The van der Waals surface area contributed by atoms with Crippen molar-refractivity contribution in [2.75, 3.05) is 5.73 Å². The summed E-state index contributed by atoms with van der Waals surface area (Å²) in [5.41, 5.74) is 6.51. The van der Waals surface area contributed by atoms with Crippen LogP contribution in [-0.4, -0.2) is 15.8 Å². The maximum Gasteiger partial charge on any atom is 0.288 e. The Morgan fingerprint density at radius 1 is 1.48 bits per heavy atom. The SMILES string of the molecule is Cc1cc(CNC(=O)c2cc([N+](=O)[O-])cnc2N)sc1C. The second-order valence-corrected chi connectivity index (χ2v) is 5.86. The molecular weight excluding hydrogens is 292 g/mol. The van der Waals surface area contributed by atoms with Crippen LogP contribution in [0.5, 0.6) is 0 Å². The number of nitro groups is 1. The van der Waals surface area contributed by atoms with Crippen molar-refractivity contribution in [1.29, 1.82) is 0 Å². The van der Waals surface area contributed by atoms with Gasteiger partial charge in [-0.05, 0) is 25.5 Å². The van der Waals surface area contributed by atoms with E-state index >= 15 is 0 Å². The topological polar surface area (TPSA) is 111 Å².